The van der Waals surface area contributed by atoms with Gasteiger partial charge in [0.2, 0.25) is 5.91 Å². The summed E-state index contributed by atoms with van der Waals surface area (Å²) in [4.78, 5) is 13.3. The van der Waals surface area contributed by atoms with E-state index in [1.165, 1.54) is 0 Å². The van der Waals surface area contributed by atoms with E-state index in [4.69, 9.17) is 11.6 Å². The van der Waals surface area contributed by atoms with E-state index in [1.54, 1.807) is 18.7 Å². The van der Waals surface area contributed by atoms with Gasteiger partial charge in [0.15, 0.2) is 0 Å². The minimum atomic E-state index is -0.456. The summed E-state index contributed by atoms with van der Waals surface area (Å²) in [5.41, 5.74) is 0. The molecule has 1 rings (SSSR count). The number of carbonyl (C=O) groups excluding carboxylic acids is 1. The lowest BCUT2D eigenvalue weighted by Gasteiger charge is -2.34. The van der Waals surface area contributed by atoms with Crippen LogP contribution in [0.25, 0.3) is 0 Å². The van der Waals surface area contributed by atoms with Crippen molar-refractivity contribution < 1.29 is 9.90 Å². The Balaban J connectivity index is 2.51. The molecule has 0 aromatic carbocycles. The Morgan fingerprint density at radius 3 is 2.71 bits per heavy atom. The monoisotopic (exact) mass is 219 g/mol. The van der Waals surface area contributed by atoms with Crippen LogP contribution >= 0.6 is 11.6 Å². The summed E-state index contributed by atoms with van der Waals surface area (Å²) in [5, 5.41) is 8.99. The summed E-state index contributed by atoms with van der Waals surface area (Å²) < 4.78 is 0. The van der Waals surface area contributed by atoms with Crippen LogP contribution in [0.1, 0.15) is 26.7 Å². The number of rotatable bonds is 2. The van der Waals surface area contributed by atoms with Gasteiger partial charge in [0.05, 0.1) is 6.10 Å². The number of halogens is 1. The van der Waals surface area contributed by atoms with Crippen molar-refractivity contribution in [3.05, 3.63) is 0 Å². The van der Waals surface area contributed by atoms with Crippen LogP contribution in [0.3, 0.4) is 0 Å². The van der Waals surface area contributed by atoms with Crippen LogP contribution in [0.4, 0.5) is 0 Å². The van der Waals surface area contributed by atoms with E-state index in [2.05, 4.69) is 0 Å². The van der Waals surface area contributed by atoms with Gasteiger partial charge in [-0.1, -0.05) is 0 Å². The predicted octanol–water partition coefficient (Wildman–Crippen LogP) is 1.23. The average Bonchev–Trinajstić information content (AvgIpc) is 2.16. The summed E-state index contributed by atoms with van der Waals surface area (Å²) in [6.07, 6.45) is 1.62. The molecule has 82 valence electrons. The fourth-order valence-corrected chi connectivity index (χ4v) is 1.99. The second-order valence-corrected chi connectivity index (χ2v) is 4.70. The van der Waals surface area contributed by atoms with Crippen LogP contribution < -0.4 is 0 Å². The smallest absolute Gasteiger partial charge is 0.240 e. The molecular formula is C10H18ClNO2. The lowest BCUT2D eigenvalue weighted by molar-refractivity contribution is -0.133. The number of hydrogen-bond donors (Lipinski definition) is 1. The highest BCUT2D eigenvalue weighted by molar-refractivity contribution is 6.30. The molecule has 0 bridgehead atoms. The molecule has 1 saturated heterocycles. The highest BCUT2D eigenvalue weighted by Crippen LogP contribution is 2.20. The zero-order chi connectivity index (χ0) is 10.7. The van der Waals surface area contributed by atoms with E-state index in [0.717, 1.165) is 19.4 Å². The summed E-state index contributed by atoms with van der Waals surface area (Å²) in [6.45, 7) is 4.89. The molecule has 3 atom stereocenters. The molecule has 1 N–H and O–H groups in total. The molecule has 0 aliphatic carbocycles. The third-order valence-electron chi connectivity index (χ3n) is 2.79. The van der Waals surface area contributed by atoms with Gasteiger partial charge in [-0.2, -0.15) is 0 Å². The van der Waals surface area contributed by atoms with Gasteiger partial charge in [-0.05, 0) is 26.7 Å². The molecule has 14 heavy (non-hydrogen) atoms. The van der Waals surface area contributed by atoms with E-state index in [9.17, 15) is 9.90 Å². The van der Waals surface area contributed by atoms with E-state index in [1.807, 2.05) is 0 Å². The number of aliphatic hydroxyl groups is 1. The SMILES string of the molecule is C[C@H](Cl)C(=O)N1CCC[C@H]([C@H](C)O)C1. The van der Waals surface area contributed by atoms with Gasteiger partial charge in [0.25, 0.3) is 0 Å². The molecule has 1 aliphatic heterocycles. The largest absolute Gasteiger partial charge is 0.393 e. The van der Waals surface area contributed by atoms with E-state index < -0.39 is 5.38 Å². The van der Waals surface area contributed by atoms with Crippen molar-refractivity contribution in [2.75, 3.05) is 13.1 Å². The first-order valence-corrected chi connectivity index (χ1v) is 5.57. The maximum absolute atomic E-state index is 11.6. The third-order valence-corrected chi connectivity index (χ3v) is 2.98. The van der Waals surface area contributed by atoms with Crippen molar-refractivity contribution in [1.29, 1.82) is 0 Å². The van der Waals surface area contributed by atoms with Crippen molar-refractivity contribution in [2.45, 2.75) is 38.2 Å². The zero-order valence-electron chi connectivity index (χ0n) is 8.74. The number of aliphatic hydroxyl groups excluding tert-OH is 1. The fourth-order valence-electron chi connectivity index (χ4n) is 1.86. The molecule has 0 unspecified atom stereocenters. The van der Waals surface area contributed by atoms with Crippen molar-refractivity contribution >= 4 is 17.5 Å². The van der Waals surface area contributed by atoms with Crippen LogP contribution in [0, 0.1) is 5.92 Å². The quantitative estimate of drug-likeness (QED) is 0.710. The first-order valence-electron chi connectivity index (χ1n) is 5.13. The fraction of sp³-hybridized carbons (Fsp3) is 0.900. The Bertz CT molecular complexity index is 206. The number of amides is 1. The molecule has 1 heterocycles. The molecule has 0 spiro atoms. The highest BCUT2D eigenvalue weighted by Gasteiger charge is 2.27. The van der Waals surface area contributed by atoms with Gasteiger partial charge in [0.1, 0.15) is 5.38 Å². The van der Waals surface area contributed by atoms with Gasteiger partial charge in [0, 0.05) is 19.0 Å². The number of alkyl halides is 1. The summed E-state index contributed by atoms with van der Waals surface area (Å²) >= 11 is 5.74. The van der Waals surface area contributed by atoms with Crippen molar-refractivity contribution in [2.24, 2.45) is 5.92 Å². The molecule has 4 heteroatoms. The number of piperidine rings is 1. The number of likely N-dealkylation sites (tertiary alicyclic amines) is 1. The number of nitrogens with zero attached hydrogens (tertiary/aromatic N) is 1. The average molecular weight is 220 g/mol. The third kappa shape index (κ3) is 2.85. The van der Waals surface area contributed by atoms with Gasteiger partial charge in [-0.25, -0.2) is 0 Å². The Morgan fingerprint density at radius 1 is 1.57 bits per heavy atom. The van der Waals surface area contributed by atoms with Crippen LogP contribution in [0.15, 0.2) is 0 Å². The molecular weight excluding hydrogens is 202 g/mol. The van der Waals surface area contributed by atoms with E-state index in [-0.39, 0.29) is 17.9 Å². The predicted molar refractivity (Wildman–Crippen MR) is 56.3 cm³/mol. The van der Waals surface area contributed by atoms with Crippen molar-refractivity contribution in [3.63, 3.8) is 0 Å². The standard InChI is InChI=1S/C10H18ClNO2/c1-7(11)10(14)12-5-3-4-9(6-12)8(2)13/h7-9,13H,3-6H2,1-2H3/t7-,8-,9-/m0/s1. The van der Waals surface area contributed by atoms with Gasteiger partial charge in [-0.15, -0.1) is 11.6 Å². The van der Waals surface area contributed by atoms with Crippen LogP contribution in [-0.4, -0.2) is 40.5 Å². The summed E-state index contributed by atoms with van der Waals surface area (Å²) in [5.74, 6) is 0.195. The van der Waals surface area contributed by atoms with Crippen LogP contribution in [0.2, 0.25) is 0 Å². The lowest BCUT2D eigenvalue weighted by atomic mass is 9.93. The molecule has 0 aromatic heterocycles. The molecule has 1 aliphatic rings. The Kier molecular flexibility index (Phi) is 4.20. The van der Waals surface area contributed by atoms with Crippen molar-refractivity contribution in [1.82, 2.24) is 4.90 Å². The molecule has 0 aromatic rings. The Labute approximate surface area is 90.0 Å². The summed E-state index contributed by atoms with van der Waals surface area (Å²) in [7, 11) is 0. The van der Waals surface area contributed by atoms with Crippen LogP contribution in [-0.2, 0) is 4.79 Å². The van der Waals surface area contributed by atoms with E-state index in [0.29, 0.717) is 6.54 Å². The molecule has 1 fully saturated rings. The topological polar surface area (TPSA) is 40.5 Å². The van der Waals surface area contributed by atoms with Gasteiger partial charge >= 0.3 is 0 Å². The van der Waals surface area contributed by atoms with E-state index >= 15 is 0 Å². The van der Waals surface area contributed by atoms with Crippen LogP contribution in [0.5, 0.6) is 0 Å². The minimum Gasteiger partial charge on any atom is -0.393 e. The second kappa shape index (κ2) is 4.99. The lowest BCUT2D eigenvalue weighted by Crippen LogP contribution is -2.45. The molecule has 1 amide bonds. The Hall–Kier alpha value is -0.280. The molecule has 3 nitrogen and oxygen atoms in total. The normalized spacial score (nSPS) is 27.1. The molecule has 0 radical (unpaired) electrons. The van der Waals surface area contributed by atoms with Gasteiger partial charge < -0.3 is 10.0 Å². The van der Waals surface area contributed by atoms with Gasteiger partial charge in [-0.3, -0.25) is 4.79 Å². The second-order valence-electron chi connectivity index (χ2n) is 4.04. The maximum Gasteiger partial charge on any atom is 0.240 e. The summed E-state index contributed by atoms with van der Waals surface area (Å²) in [6, 6.07) is 0. The zero-order valence-corrected chi connectivity index (χ0v) is 9.50. The highest BCUT2D eigenvalue weighted by atomic mass is 35.5. The first-order chi connectivity index (χ1) is 6.52. The number of hydrogen-bond acceptors (Lipinski definition) is 2. The Morgan fingerprint density at radius 2 is 2.21 bits per heavy atom. The maximum atomic E-state index is 11.6. The number of carbonyl (C=O) groups is 1. The minimum absolute atomic E-state index is 0.0167. The first kappa shape index (κ1) is 11.8. The molecule has 0 saturated carbocycles. The van der Waals surface area contributed by atoms with Crippen molar-refractivity contribution in [3.8, 4) is 0 Å².